The fourth-order valence-electron chi connectivity index (χ4n) is 3.22. The van der Waals surface area contributed by atoms with Crippen LogP contribution in [0.25, 0.3) is 11.2 Å². The molecule has 5 unspecified atom stereocenters. The smallest absolute Gasteiger partial charge is 0.393 e. The first-order chi connectivity index (χ1) is 10.9. The number of nitrogen functional groups attached to an aromatic ring is 1. The van der Waals surface area contributed by atoms with Gasteiger partial charge in [0.1, 0.15) is 18.5 Å². The van der Waals surface area contributed by atoms with Crippen molar-refractivity contribution >= 4 is 25.2 Å². The molecule has 1 aliphatic carbocycles. The number of imidazole rings is 1. The lowest BCUT2D eigenvalue weighted by Crippen LogP contribution is -2.48. The van der Waals surface area contributed by atoms with Gasteiger partial charge in [0, 0.05) is 16.4 Å². The van der Waals surface area contributed by atoms with E-state index >= 15 is 0 Å². The third kappa shape index (κ3) is 2.61. The zero-order valence-corrected chi connectivity index (χ0v) is 13.3. The van der Waals surface area contributed by atoms with Gasteiger partial charge in [0.05, 0.1) is 18.5 Å². The Kier molecular flexibility index (Phi) is 4.11. The van der Waals surface area contributed by atoms with E-state index in [1.54, 1.807) is 17.8 Å². The van der Waals surface area contributed by atoms with Gasteiger partial charge < -0.3 is 15.4 Å². The lowest BCUT2D eigenvalue weighted by Gasteiger charge is -2.48. The predicted molar refractivity (Wildman–Crippen MR) is 82.4 cm³/mol. The van der Waals surface area contributed by atoms with Gasteiger partial charge in [0.15, 0.2) is 11.5 Å². The molecule has 9 nitrogen and oxygen atoms in total. The maximum absolute atomic E-state index is 10.7. The summed E-state index contributed by atoms with van der Waals surface area (Å²) in [4.78, 5) is 21.1. The summed E-state index contributed by atoms with van der Waals surface area (Å²) in [5, 5.41) is 10.1. The Hall–Kier alpha value is -1.93. The molecule has 4 N–H and O–H groups in total. The number of nitrogens with zero attached hydrogens (tertiary/aromatic N) is 4. The van der Waals surface area contributed by atoms with Crippen LogP contribution in [0.3, 0.4) is 0 Å². The highest BCUT2D eigenvalue weighted by molar-refractivity contribution is 7.32. The van der Waals surface area contributed by atoms with Crippen LogP contribution in [0.5, 0.6) is 0 Å². The zero-order valence-electron chi connectivity index (χ0n) is 12.4. The van der Waals surface area contributed by atoms with Crippen LogP contribution in [0, 0.1) is 11.8 Å². The SMILES string of the molecule is C=C1C(CO[P+](=O)O)C(C(C)O)C1n1cnc2c(N)ncnc21. The fraction of sp³-hybridized carbons (Fsp3) is 0.462. The van der Waals surface area contributed by atoms with Gasteiger partial charge in [-0.3, -0.25) is 0 Å². The minimum absolute atomic E-state index is 0.0281. The maximum atomic E-state index is 10.7. The van der Waals surface area contributed by atoms with Crippen LogP contribution in [0.2, 0.25) is 0 Å². The lowest BCUT2D eigenvalue weighted by atomic mass is 9.63. The third-order valence-electron chi connectivity index (χ3n) is 4.29. The summed E-state index contributed by atoms with van der Waals surface area (Å²) >= 11 is 0. The van der Waals surface area contributed by atoms with Crippen molar-refractivity contribution in [3.63, 3.8) is 0 Å². The van der Waals surface area contributed by atoms with Gasteiger partial charge in [-0.25, -0.2) is 15.0 Å². The molecule has 0 spiro atoms. The topological polar surface area (TPSA) is 136 Å². The number of hydrogen-bond donors (Lipinski definition) is 3. The molecule has 2 aromatic rings. The molecule has 122 valence electrons. The van der Waals surface area contributed by atoms with Crippen molar-refractivity contribution < 1.29 is 19.1 Å². The quantitative estimate of drug-likeness (QED) is 0.538. The van der Waals surface area contributed by atoms with Gasteiger partial charge >= 0.3 is 8.25 Å². The van der Waals surface area contributed by atoms with Crippen LogP contribution in [-0.2, 0) is 9.09 Å². The molecular formula is C13H17N5O4P+. The molecule has 5 atom stereocenters. The Balaban J connectivity index is 1.93. The van der Waals surface area contributed by atoms with E-state index in [1.807, 2.05) is 0 Å². The third-order valence-corrected chi connectivity index (χ3v) is 4.66. The molecule has 0 radical (unpaired) electrons. The number of rotatable bonds is 5. The van der Waals surface area contributed by atoms with Crippen LogP contribution in [0.15, 0.2) is 24.8 Å². The average molecular weight is 338 g/mol. The van der Waals surface area contributed by atoms with Crippen molar-refractivity contribution in [1.82, 2.24) is 19.5 Å². The van der Waals surface area contributed by atoms with Gasteiger partial charge in [-0.2, -0.15) is 0 Å². The first-order valence-electron chi connectivity index (χ1n) is 7.00. The summed E-state index contributed by atoms with van der Waals surface area (Å²) in [5.41, 5.74) is 7.62. The Labute approximate surface area is 132 Å². The van der Waals surface area contributed by atoms with Crippen LogP contribution in [-0.4, -0.2) is 42.2 Å². The van der Waals surface area contributed by atoms with Gasteiger partial charge in [-0.15, -0.1) is 9.42 Å². The second-order valence-corrected chi connectivity index (χ2v) is 6.29. The summed E-state index contributed by atoms with van der Waals surface area (Å²) in [6.45, 7) is 5.72. The van der Waals surface area contributed by atoms with E-state index in [9.17, 15) is 9.67 Å². The van der Waals surface area contributed by atoms with Crippen molar-refractivity contribution in [2.75, 3.05) is 12.3 Å². The van der Waals surface area contributed by atoms with Crippen LogP contribution in [0.4, 0.5) is 5.82 Å². The first-order valence-corrected chi connectivity index (χ1v) is 8.13. The largest absolute Gasteiger partial charge is 0.694 e. The predicted octanol–water partition coefficient (Wildman–Crippen LogP) is 0.799. The van der Waals surface area contributed by atoms with E-state index in [0.717, 1.165) is 5.57 Å². The highest BCUT2D eigenvalue weighted by Crippen LogP contribution is 2.51. The summed E-state index contributed by atoms with van der Waals surface area (Å²) < 4.78 is 17.3. The van der Waals surface area contributed by atoms with Crippen molar-refractivity contribution in [2.24, 2.45) is 11.8 Å². The fourth-order valence-corrected chi connectivity index (χ4v) is 3.50. The summed E-state index contributed by atoms with van der Waals surface area (Å²) in [6.07, 6.45) is 2.28. The van der Waals surface area contributed by atoms with E-state index in [1.165, 1.54) is 6.33 Å². The second-order valence-electron chi connectivity index (χ2n) is 5.56. The minimum atomic E-state index is -2.68. The molecule has 0 saturated heterocycles. The number of aliphatic hydroxyl groups is 1. The van der Waals surface area contributed by atoms with Crippen molar-refractivity contribution in [3.05, 3.63) is 24.8 Å². The molecule has 3 rings (SSSR count). The number of aromatic nitrogens is 4. The van der Waals surface area contributed by atoms with E-state index in [-0.39, 0.29) is 30.3 Å². The van der Waals surface area contributed by atoms with E-state index in [2.05, 4.69) is 21.5 Å². The molecule has 0 bridgehead atoms. The Morgan fingerprint density at radius 2 is 2.26 bits per heavy atom. The van der Waals surface area contributed by atoms with Crippen molar-refractivity contribution in [3.8, 4) is 0 Å². The lowest BCUT2D eigenvalue weighted by molar-refractivity contribution is 0.00646. The zero-order chi connectivity index (χ0) is 16.7. The maximum Gasteiger partial charge on any atom is 0.694 e. The second kappa shape index (κ2) is 5.93. The molecule has 1 aliphatic rings. The van der Waals surface area contributed by atoms with E-state index in [0.29, 0.717) is 11.2 Å². The number of fused-ring (bicyclic) bond motifs is 1. The van der Waals surface area contributed by atoms with E-state index in [4.69, 9.17) is 15.2 Å². The Morgan fingerprint density at radius 3 is 2.91 bits per heavy atom. The molecule has 2 aromatic heterocycles. The highest BCUT2D eigenvalue weighted by Gasteiger charge is 2.49. The molecular weight excluding hydrogens is 321 g/mol. The molecule has 0 aliphatic heterocycles. The minimum Gasteiger partial charge on any atom is -0.393 e. The van der Waals surface area contributed by atoms with Crippen LogP contribution < -0.4 is 5.73 Å². The summed E-state index contributed by atoms with van der Waals surface area (Å²) in [7, 11) is -2.68. The van der Waals surface area contributed by atoms with Crippen molar-refractivity contribution in [1.29, 1.82) is 0 Å². The average Bonchev–Trinajstić information content (AvgIpc) is 2.89. The normalized spacial score (nSPS) is 26.1. The molecule has 23 heavy (non-hydrogen) atoms. The molecule has 1 saturated carbocycles. The standard InChI is InChI=1S/C13H16N5O4P/c1-6-8(3-22-23(20)21)9(7(2)19)11(6)18-5-17-10-12(14)15-4-16-13(10)18/h4-5,7-9,11,19H,1,3H2,2H3,(H2-,14,15,16,20,21)/p+1. The summed E-state index contributed by atoms with van der Waals surface area (Å²) in [6, 6.07) is -0.237. The molecule has 0 aromatic carbocycles. The van der Waals surface area contributed by atoms with Gasteiger partial charge in [-0.1, -0.05) is 6.58 Å². The molecule has 10 heteroatoms. The molecule has 1 fully saturated rings. The molecule has 2 heterocycles. The number of nitrogens with two attached hydrogens (primary N) is 1. The Bertz CT molecular complexity index is 777. The van der Waals surface area contributed by atoms with Crippen LogP contribution >= 0.6 is 8.25 Å². The van der Waals surface area contributed by atoms with Gasteiger partial charge in [0.2, 0.25) is 0 Å². The van der Waals surface area contributed by atoms with Crippen molar-refractivity contribution in [2.45, 2.75) is 19.1 Å². The van der Waals surface area contributed by atoms with Crippen LogP contribution in [0.1, 0.15) is 13.0 Å². The highest BCUT2D eigenvalue weighted by atomic mass is 31.1. The number of aliphatic hydroxyl groups excluding tert-OH is 1. The van der Waals surface area contributed by atoms with Gasteiger partial charge in [0.25, 0.3) is 0 Å². The van der Waals surface area contributed by atoms with E-state index < -0.39 is 14.4 Å². The monoisotopic (exact) mass is 338 g/mol. The summed E-state index contributed by atoms with van der Waals surface area (Å²) in [5.74, 6) is -0.168. The molecule has 0 amide bonds. The number of hydrogen-bond acceptors (Lipinski definition) is 7. The number of anilines is 1. The first kappa shape index (κ1) is 15.9. The Morgan fingerprint density at radius 1 is 1.52 bits per heavy atom. The van der Waals surface area contributed by atoms with Gasteiger partial charge in [-0.05, 0) is 12.5 Å².